The summed E-state index contributed by atoms with van der Waals surface area (Å²) in [7, 11) is 1.72. The van der Waals surface area contributed by atoms with Crippen molar-refractivity contribution in [1.82, 2.24) is 4.90 Å². The Kier molecular flexibility index (Phi) is 6.39. The number of phenols is 2. The van der Waals surface area contributed by atoms with Gasteiger partial charge in [0.25, 0.3) is 0 Å². The zero-order valence-electron chi connectivity index (χ0n) is 26.3. The number of carbonyl (C=O) groups excluding carboxylic acids is 2. The first-order valence-electron chi connectivity index (χ1n) is 15.9. The molecule has 42 heavy (non-hydrogen) atoms. The van der Waals surface area contributed by atoms with Crippen LogP contribution in [0.25, 0.3) is 0 Å². The average molecular weight is 573 g/mol. The van der Waals surface area contributed by atoms with Crippen molar-refractivity contribution in [3.05, 3.63) is 52.6 Å². The van der Waals surface area contributed by atoms with Gasteiger partial charge in [-0.3, -0.25) is 14.5 Å². The number of aryl methyl sites for hydroxylation is 2. The molecule has 0 unspecified atom stereocenters. The van der Waals surface area contributed by atoms with Crippen molar-refractivity contribution in [3.8, 4) is 11.5 Å². The van der Waals surface area contributed by atoms with Crippen LogP contribution in [-0.4, -0.2) is 34.0 Å². The minimum absolute atomic E-state index is 0.0606. The van der Waals surface area contributed by atoms with E-state index in [0.29, 0.717) is 5.69 Å². The number of nitrogen functional groups attached to an aromatic ring is 1. The Labute approximate surface area is 250 Å². The summed E-state index contributed by atoms with van der Waals surface area (Å²) in [6, 6.07) is 9.44. The number of benzene rings is 2. The zero-order chi connectivity index (χ0) is 30.5. The van der Waals surface area contributed by atoms with Crippen LogP contribution in [0.2, 0.25) is 0 Å². The van der Waals surface area contributed by atoms with E-state index < -0.39 is 10.8 Å². The molecule has 2 aromatic carbocycles. The lowest BCUT2D eigenvalue weighted by Gasteiger charge is -2.63. The SMILES string of the molecule is CN(C(=O)[C@@]1(C)CCC[C@]2(C)c3cc(O)ccc3CC[C@@H]12)C(=O)[C@@]1(C)CCC[C@]2(C)c3cc(N)c(O)cc3CC[C@@]12C. The van der Waals surface area contributed by atoms with E-state index in [-0.39, 0.29) is 45.5 Å². The zero-order valence-corrected chi connectivity index (χ0v) is 26.3. The van der Waals surface area contributed by atoms with Gasteiger partial charge in [-0.25, -0.2) is 0 Å². The molecule has 2 fully saturated rings. The summed E-state index contributed by atoms with van der Waals surface area (Å²) in [5.41, 5.74) is 8.94. The summed E-state index contributed by atoms with van der Waals surface area (Å²) in [6.45, 7) is 11.0. The van der Waals surface area contributed by atoms with E-state index in [2.05, 4.69) is 34.6 Å². The van der Waals surface area contributed by atoms with Gasteiger partial charge in [0.15, 0.2) is 0 Å². The maximum atomic E-state index is 14.8. The van der Waals surface area contributed by atoms with Gasteiger partial charge in [0.05, 0.1) is 16.5 Å². The highest BCUT2D eigenvalue weighted by atomic mass is 16.3. The molecule has 0 aromatic heterocycles. The molecule has 4 aliphatic rings. The molecule has 2 amide bonds. The van der Waals surface area contributed by atoms with Crippen LogP contribution in [0, 0.1) is 22.2 Å². The van der Waals surface area contributed by atoms with Crippen molar-refractivity contribution in [2.24, 2.45) is 22.2 Å². The van der Waals surface area contributed by atoms with Crippen LogP contribution in [0.3, 0.4) is 0 Å². The molecular formula is C36H48N2O4. The molecule has 6 nitrogen and oxygen atoms in total. The number of rotatable bonds is 2. The van der Waals surface area contributed by atoms with Gasteiger partial charge in [-0.15, -0.1) is 0 Å². The lowest BCUT2D eigenvalue weighted by molar-refractivity contribution is -0.171. The molecule has 4 aliphatic carbocycles. The second-order valence-corrected chi connectivity index (χ2v) is 15.2. The molecular weight excluding hydrogens is 524 g/mol. The maximum Gasteiger partial charge on any atom is 0.235 e. The number of fused-ring (bicyclic) bond motifs is 6. The highest BCUT2D eigenvalue weighted by Gasteiger charge is 2.65. The van der Waals surface area contributed by atoms with Crippen molar-refractivity contribution < 1.29 is 19.8 Å². The average Bonchev–Trinajstić information content (AvgIpc) is 2.94. The molecule has 0 heterocycles. The van der Waals surface area contributed by atoms with E-state index in [1.165, 1.54) is 16.0 Å². The Balaban J connectivity index is 1.35. The van der Waals surface area contributed by atoms with Gasteiger partial charge in [-0.2, -0.15) is 0 Å². The van der Waals surface area contributed by atoms with Gasteiger partial charge in [-0.05, 0) is 120 Å². The quantitative estimate of drug-likeness (QED) is 0.209. The molecule has 0 spiro atoms. The van der Waals surface area contributed by atoms with Crippen LogP contribution in [-0.2, 0) is 33.3 Å². The molecule has 2 aromatic rings. The standard InChI is InChI=1S/C36H48N2O4/c1-32-14-7-15-33(2,29(32)12-10-22-9-11-24(39)20-25(22)32)30(41)38(6)31(42)35(4)17-8-16-34(3)26-21-27(37)28(40)19-23(26)13-18-36(34,35)5/h9,11,19-21,29,39-40H,7-8,10,12-18,37H2,1-6H3/t29-,32-,33+,34-,35-,36-/m1/s1. The monoisotopic (exact) mass is 572 g/mol. The summed E-state index contributed by atoms with van der Waals surface area (Å²) >= 11 is 0. The third-order valence-electron chi connectivity index (χ3n) is 13.4. The van der Waals surface area contributed by atoms with E-state index >= 15 is 0 Å². The van der Waals surface area contributed by atoms with E-state index in [0.717, 1.165) is 75.3 Å². The molecule has 4 N–H and O–H groups in total. The Morgan fingerprint density at radius 3 is 2.29 bits per heavy atom. The van der Waals surface area contributed by atoms with E-state index in [4.69, 9.17) is 5.73 Å². The van der Waals surface area contributed by atoms with Crippen LogP contribution in [0.15, 0.2) is 30.3 Å². The number of imide groups is 1. The van der Waals surface area contributed by atoms with Gasteiger partial charge >= 0.3 is 0 Å². The fourth-order valence-corrected chi connectivity index (χ4v) is 10.6. The van der Waals surface area contributed by atoms with Gasteiger partial charge in [0, 0.05) is 7.05 Å². The number of hydrogen-bond acceptors (Lipinski definition) is 5. The lowest BCUT2D eigenvalue weighted by Crippen LogP contribution is -2.64. The Morgan fingerprint density at radius 1 is 0.833 bits per heavy atom. The summed E-state index contributed by atoms with van der Waals surface area (Å²) in [6.07, 6.45) is 8.55. The Morgan fingerprint density at radius 2 is 1.55 bits per heavy atom. The predicted octanol–water partition coefficient (Wildman–Crippen LogP) is 6.78. The first-order valence-corrected chi connectivity index (χ1v) is 15.9. The van der Waals surface area contributed by atoms with Crippen LogP contribution in [0.4, 0.5) is 5.69 Å². The smallest absolute Gasteiger partial charge is 0.235 e. The van der Waals surface area contributed by atoms with Crippen LogP contribution in [0.5, 0.6) is 11.5 Å². The van der Waals surface area contributed by atoms with E-state index in [1.807, 2.05) is 24.3 Å². The van der Waals surface area contributed by atoms with Crippen molar-refractivity contribution in [3.63, 3.8) is 0 Å². The number of nitrogens with zero attached hydrogens (tertiary/aromatic N) is 1. The van der Waals surface area contributed by atoms with Crippen molar-refractivity contribution in [2.75, 3.05) is 12.8 Å². The number of carbonyl (C=O) groups is 2. The molecule has 6 rings (SSSR count). The number of hydrogen-bond donors (Lipinski definition) is 3. The minimum atomic E-state index is -0.728. The summed E-state index contributed by atoms with van der Waals surface area (Å²) in [4.78, 5) is 30.9. The Bertz CT molecular complexity index is 1480. The molecule has 2 saturated carbocycles. The predicted molar refractivity (Wildman–Crippen MR) is 165 cm³/mol. The minimum Gasteiger partial charge on any atom is -0.508 e. The summed E-state index contributed by atoms with van der Waals surface area (Å²) < 4.78 is 0. The fraction of sp³-hybridized carbons (Fsp3) is 0.611. The largest absolute Gasteiger partial charge is 0.508 e. The summed E-state index contributed by atoms with van der Waals surface area (Å²) in [5.74, 6) is 0.351. The highest BCUT2D eigenvalue weighted by molar-refractivity contribution is 6.01. The van der Waals surface area contributed by atoms with Gasteiger partial charge in [-0.1, -0.05) is 53.5 Å². The first-order chi connectivity index (χ1) is 19.6. The molecule has 0 aliphatic heterocycles. The normalized spacial score (nSPS) is 37.0. The third kappa shape index (κ3) is 3.62. The number of amides is 2. The number of aromatic hydroxyl groups is 2. The number of nitrogens with two attached hydrogens (primary N) is 1. The fourth-order valence-electron chi connectivity index (χ4n) is 10.6. The van der Waals surface area contributed by atoms with Crippen LogP contribution < -0.4 is 5.73 Å². The maximum absolute atomic E-state index is 14.8. The third-order valence-corrected chi connectivity index (χ3v) is 13.4. The molecule has 0 bridgehead atoms. The molecule has 6 atom stereocenters. The van der Waals surface area contributed by atoms with Crippen LogP contribution in [0.1, 0.15) is 108 Å². The molecule has 0 radical (unpaired) electrons. The van der Waals surface area contributed by atoms with Gasteiger partial charge in [0.2, 0.25) is 11.8 Å². The highest BCUT2D eigenvalue weighted by Crippen LogP contribution is 2.66. The lowest BCUT2D eigenvalue weighted by atomic mass is 9.41. The molecule has 6 heteroatoms. The van der Waals surface area contributed by atoms with Crippen molar-refractivity contribution >= 4 is 17.5 Å². The topological polar surface area (TPSA) is 104 Å². The van der Waals surface area contributed by atoms with Crippen molar-refractivity contribution in [1.29, 1.82) is 0 Å². The van der Waals surface area contributed by atoms with E-state index in [1.54, 1.807) is 13.1 Å². The second-order valence-electron chi connectivity index (χ2n) is 15.2. The van der Waals surface area contributed by atoms with Gasteiger partial charge < -0.3 is 15.9 Å². The first kappa shape index (κ1) is 29.1. The molecule has 0 saturated heterocycles. The van der Waals surface area contributed by atoms with E-state index in [9.17, 15) is 19.8 Å². The molecule has 226 valence electrons. The second kappa shape index (κ2) is 9.24. The summed E-state index contributed by atoms with van der Waals surface area (Å²) in [5, 5.41) is 20.7. The van der Waals surface area contributed by atoms with Gasteiger partial charge in [0.1, 0.15) is 11.5 Å². The number of phenolic OH excluding ortho intramolecular Hbond substituents is 2. The van der Waals surface area contributed by atoms with Crippen LogP contribution >= 0.6 is 0 Å². The van der Waals surface area contributed by atoms with Crippen molar-refractivity contribution in [2.45, 2.75) is 110 Å². The number of anilines is 1. The Hall–Kier alpha value is -3.02.